The van der Waals surface area contributed by atoms with Crippen LogP contribution in [0.3, 0.4) is 0 Å². The van der Waals surface area contributed by atoms with Crippen LogP contribution in [0.25, 0.3) is 11.4 Å². The zero-order valence-electron chi connectivity index (χ0n) is 11.5. The maximum atomic E-state index is 14.0. The van der Waals surface area contributed by atoms with E-state index in [0.717, 1.165) is 5.56 Å². The second kappa shape index (κ2) is 5.61. The first-order valence-electron chi connectivity index (χ1n) is 6.65. The van der Waals surface area contributed by atoms with Gasteiger partial charge in [0.15, 0.2) is 10.6 Å². The van der Waals surface area contributed by atoms with E-state index in [-0.39, 0.29) is 11.9 Å². The van der Waals surface area contributed by atoms with Gasteiger partial charge in [0.05, 0.1) is 11.6 Å². The van der Waals surface area contributed by atoms with E-state index >= 15 is 0 Å². The Hall–Kier alpha value is -2.27. The van der Waals surface area contributed by atoms with Gasteiger partial charge in [-0.05, 0) is 36.8 Å². The molecule has 3 rings (SSSR count). The van der Waals surface area contributed by atoms with Crippen LogP contribution in [0.1, 0.15) is 18.5 Å². The third-order valence-electron chi connectivity index (χ3n) is 3.49. The van der Waals surface area contributed by atoms with E-state index < -0.39 is 0 Å². The highest BCUT2D eigenvalue weighted by Gasteiger charge is 2.18. The highest BCUT2D eigenvalue weighted by Crippen LogP contribution is 2.26. The van der Waals surface area contributed by atoms with Gasteiger partial charge < -0.3 is 0 Å². The van der Waals surface area contributed by atoms with Crippen LogP contribution < -0.4 is 0 Å². The van der Waals surface area contributed by atoms with Crippen molar-refractivity contribution < 1.29 is 4.39 Å². The van der Waals surface area contributed by atoms with E-state index in [0.29, 0.717) is 16.2 Å². The van der Waals surface area contributed by atoms with E-state index in [1.807, 2.05) is 41.8 Å². The van der Waals surface area contributed by atoms with E-state index in [9.17, 15) is 4.39 Å². The fourth-order valence-corrected chi connectivity index (χ4v) is 2.67. The molecule has 1 atom stereocenters. The molecule has 1 heterocycles. The zero-order valence-corrected chi connectivity index (χ0v) is 12.3. The molecule has 0 aliphatic heterocycles. The predicted octanol–water partition coefficient (Wildman–Crippen LogP) is 4.36. The average molecular weight is 299 g/mol. The van der Waals surface area contributed by atoms with Crippen molar-refractivity contribution in [2.75, 3.05) is 0 Å². The van der Waals surface area contributed by atoms with Crippen molar-refractivity contribution in [2.45, 2.75) is 13.0 Å². The molecule has 0 radical (unpaired) electrons. The number of benzene rings is 2. The van der Waals surface area contributed by atoms with Gasteiger partial charge in [0.25, 0.3) is 0 Å². The molecule has 0 aliphatic rings. The molecule has 0 saturated carbocycles. The summed E-state index contributed by atoms with van der Waals surface area (Å²) in [4.78, 5) is 0. The van der Waals surface area contributed by atoms with Gasteiger partial charge >= 0.3 is 0 Å². The van der Waals surface area contributed by atoms with Crippen molar-refractivity contribution in [3.63, 3.8) is 0 Å². The van der Waals surface area contributed by atoms with Crippen LogP contribution in [0.5, 0.6) is 0 Å². The van der Waals surface area contributed by atoms with Gasteiger partial charge in [-0.25, -0.2) is 4.39 Å². The van der Waals surface area contributed by atoms with Gasteiger partial charge in [0, 0.05) is 0 Å². The first kappa shape index (κ1) is 13.7. The van der Waals surface area contributed by atoms with Gasteiger partial charge in [-0.1, -0.05) is 42.5 Å². The van der Waals surface area contributed by atoms with Crippen LogP contribution in [0.4, 0.5) is 4.39 Å². The van der Waals surface area contributed by atoms with Crippen molar-refractivity contribution in [2.24, 2.45) is 0 Å². The fraction of sp³-hybridized carbons (Fsp3) is 0.125. The Balaban J connectivity index is 2.15. The molecular weight excluding hydrogens is 285 g/mol. The number of aromatic nitrogens is 3. The first-order valence-corrected chi connectivity index (χ1v) is 7.06. The SMILES string of the molecule is C[C@H](c1ccccc1)n1c(-c2ccccc2F)n[nH]c1=S. The summed E-state index contributed by atoms with van der Waals surface area (Å²) in [5.41, 5.74) is 1.53. The minimum Gasteiger partial charge on any atom is -0.293 e. The molecule has 0 spiro atoms. The van der Waals surface area contributed by atoms with Gasteiger partial charge in [-0.3, -0.25) is 9.67 Å². The molecule has 106 valence electrons. The van der Waals surface area contributed by atoms with Crippen LogP contribution >= 0.6 is 12.2 Å². The summed E-state index contributed by atoms with van der Waals surface area (Å²) in [5.74, 6) is 0.197. The van der Waals surface area contributed by atoms with Crippen LogP contribution in [0.15, 0.2) is 54.6 Å². The molecule has 3 nitrogen and oxygen atoms in total. The lowest BCUT2D eigenvalue weighted by molar-refractivity contribution is 0.613. The average Bonchev–Trinajstić information content (AvgIpc) is 2.89. The number of nitrogens with one attached hydrogen (secondary N) is 1. The van der Waals surface area contributed by atoms with Crippen molar-refractivity contribution in [3.05, 3.63) is 70.7 Å². The minimum absolute atomic E-state index is 0.0351. The molecule has 1 aromatic heterocycles. The third kappa shape index (κ3) is 2.52. The number of halogens is 1. The molecule has 0 bridgehead atoms. The molecule has 3 aromatic rings. The van der Waals surface area contributed by atoms with Crippen LogP contribution in [-0.2, 0) is 0 Å². The number of hydrogen-bond donors (Lipinski definition) is 1. The molecule has 0 saturated heterocycles. The van der Waals surface area contributed by atoms with Crippen molar-refractivity contribution in [1.82, 2.24) is 14.8 Å². The molecule has 0 amide bonds. The van der Waals surface area contributed by atoms with Gasteiger partial charge in [0.2, 0.25) is 0 Å². The second-order valence-corrected chi connectivity index (χ2v) is 5.18. The smallest absolute Gasteiger partial charge is 0.196 e. The standard InChI is InChI=1S/C16H14FN3S/c1-11(12-7-3-2-4-8-12)20-15(18-19-16(20)21)13-9-5-6-10-14(13)17/h2-11H,1H3,(H,19,21)/t11-/m1/s1. The third-order valence-corrected chi connectivity index (χ3v) is 3.78. The Bertz CT molecular complexity index is 808. The van der Waals surface area contributed by atoms with Crippen LogP contribution in [0.2, 0.25) is 0 Å². The number of rotatable bonds is 3. The number of hydrogen-bond acceptors (Lipinski definition) is 2. The van der Waals surface area contributed by atoms with E-state index in [1.165, 1.54) is 6.07 Å². The highest BCUT2D eigenvalue weighted by molar-refractivity contribution is 7.71. The van der Waals surface area contributed by atoms with Gasteiger partial charge in [-0.2, -0.15) is 5.10 Å². The molecule has 0 unspecified atom stereocenters. The van der Waals surface area contributed by atoms with Gasteiger partial charge in [0.1, 0.15) is 5.82 Å². The molecule has 5 heteroatoms. The molecular formula is C16H14FN3S. The summed E-state index contributed by atoms with van der Waals surface area (Å²) in [7, 11) is 0. The summed E-state index contributed by atoms with van der Waals surface area (Å²) in [6, 6.07) is 16.5. The molecule has 1 N–H and O–H groups in total. The lowest BCUT2D eigenvalue weighted by Crippen LogP contribution is -2.09. The molecule has 0 aliphatic carbocycles. The quantitative estimate of drug-likeness (QED) is 0.729. The second-order valence-electron chi connectivity index (χ2n) is 4.79. The van der Waals surface area contributed by atoms with Crippen LogP contribution in [0, 0.1) is 10.6 Å². The topological polar surface area (TPSA) is 33.6 Å². The van der Waals surface area contributed by atoms with E-state index in [2.05, 4.69) is 10.2 Å². The largest absolute Gasteiger partial charge is 0.293 e. The maximum Gasteiger partial charge on any atom is 0.196 e. The van der Waals surface area contributed by atoms with E-state index in [1.54, 1.807) is 18.2 Å². The van der Waals surface area contributed by atoms with Crippen molar-refractivity contribution >= 4 is 12.2 Å². The fourth-order valence-electron chi connectivity index (χ4n) is 2.38. The summed E-state index contributed by atoms with van der Waals surface area (Å²) in [5, 5.41) is 6.96. The summed E-state index contributed by atoms with van der Waals surface area (Å²) in [6.07, 6.45) is 0. The van der Waals surface area contributed by atoms with Crippen LogP contribution in [-0.4, -0.2) is 14.8 Å². The lowest BCUT2D eigenvalue weighted by atomic mass is 10.1. The number of nitrogens with zero attached hydrogens (tertiary/aromatic N) is 2. The van der Waals surface area contributed by atoms with Gasteiger partial charge in [-0.15, -0.1) is 0 Å². The van der Waals surface area contributed by atoms with Crippen molar-refractivity contribution in [1.29, 1.82) is 0 Å². The summed E-state index contributed by atoms with van der Waals surface area (Å²) >= 11 is 5.31. The summed E-state index contributed by atoms with van der Waals surface area (Å²) < 4.78 is 16.3. The first-order chi connectivity index (χ1) is 10.2. The Morgan fingerprint density at radius 1 is 1.10 bits per heavy atom. The zero-order chi connectivity index (χ0) is 14.8. The Morgan fingerprint density at radius 2 is 1.76 bits per heavy atom. The summed E-state index contributed by atoms with van der Waals surface area (Å²) in [6.45, 7) is 2.02. The Kier molecular flexibility index (Phi) is 3.66. The molecule has 0 fully saturated rings. The highest BCUT2D eigenvalue weighted by atomic mass is 32.1. The Morgan fingerprint density at radius 3 is 2.48 bits per heavy atom. The lowest BCUT2D eigenvalue weighted by Gasteiger charge is -2.16. The monoisotopic (exact) mass is 299 g/mol. The maximum absolute atomic E-state index is 14.0. The van der Waals surface area contributed by atoms with E-state index in [4.69, 9.17) is 12.2 Å². The molecule has 2 aromatic carbocycles. The normalized spacial score (nSPS) is 12.3. The number of aromatic amines is 1. The minimum atomic E-state index is -0.312. The Labute approximate surface area is 127 Å². The number of H-pyrrole nitrogens is 1. The predicted molar refractivity (Wildman–Crippen MR) is 83.1 cm³/mol. The van der Waals surface area contributed by atoms with Crippen molar-refractivity contribution in [3.8, 4) is 11.4 Å². The molecule has 21 heavy (non-hydrogen) atoms.